The Kier molecular flexibility index (Phi) is 9.48. The molecule has 0 spiro atoms. The van der Waals surface area contributed by atoms with Gasteiger partial charge in [-0.1, -0.05) is 12.8 Å². The fraction of sp³-hybridized carbons (Fsp3) is 1.00. The number of methoxy groups -OCH3 is 1. The van der Waals surface area contributed by atoms with E-state index in [2.05, 4.69) is 17.3 Å². The molecule has 0 saturated heterocycles. The second-order valence-corrected chi connectivity index (χ2v) is 5.13. The van der Waals surface area contributed by atoms with Crippen molar-refractivity contribution in [3.05, 3.63) is 0 Å². The monoisotopic (exact) mass is 258 g/mol. The second-order valence-electron chi connectivity index (χ2n) is 5.13. The van der Waals surface area contributed by atoms with Gasteiger partial charge in [-0.3, -0.25) is 0 Å². The van der Waals surface area contributed by atoms with Crippen LogP contribution in [0.5, 0.6) is 0 Å². The number of ether oxygens (including phenoxy) is 2. The minimum absolute atomic E-state index is 0.791. The molecule has 1 aliphatic rings. The van der Waals surface area contributed by atoms with E-state index in [4.69, 9.17) is 9.47 Å². The van der Waals surface area contributed by atoms with Crippen molar-refractivity contribution in [2.75, 3.05) is 53.6 Å². The van der Waals surface area contributed by atoms with Crippen molar-refractivity contribution in [2.45, 2.75) is 38.1 Å². The normalized spacial score (nSPS) is 16.8. The van der Waals surface area contributed by atoms with Gasteiger partial charge in [-0.15, -0.1) is 0 Å². The zero-order chi connectivity index (χ0) is 13.1. The summed E-state index contributed by atoms with van der Waals surface area (Å²) in [6.07, 6.45) is 6.59. The molecule has 1 aliphatic carbocycles. The van der Waals surface area contributed by atoms with Crippen LogP contribution in [0, 0.1) is 0 Å². The smallest absolute Gasteiger partial charge is 0.0590 e. The summed E-state index contributed by atoms with van der Waals surface area (Å²) in [6.45, 7) is 5.56. The fourth-order valence-corrected chi connectivity index (χ4v) is 2.46. The number of hydrogen-bond acceptors (Lipinski definition) is 4. The molecule has 0 unspecified atom stereocenters. The molecular weight excluding hydrogens is 228 g/mol. The van der Waals surface area contributed by atoms with E-state index >= 15 is 0 Å². The van der Waals surface area contributed by atoms with Crippen LogP contribution in [0.1, 0.15) is 32.1 Å². The molecule has 1 rings (SSSR count). The first-order chi connectivity index (χ1) is 8.84. The van der Waals surface area contributed by atoms with Crippen molar-refractivity contribution >= 4 is 0 Å². The van der Waals surface area contributed by atoms with E-state index in [1.165, 1.54) is 25.7 Å². The molecule has 0 bridgehead atoms. The SMILES string of the molecule is COCCCOCCNCCN(C)C1CCCC1. The van der Waals surface area contributed by atoms with Crippen LogP contribution in [0.2, 0.25) is 0 Å². The van der Waals surface area contributed by atoms with E-state index in [9.17, 15) is 0 Å². The summed E-state index contributed by atoms with van der Waals surface area (Å²) in [6, 6.07) is 0.831. The highest BCUT2D eigenvalue weighted by Gasteiger charge is 2.18. The number of nitrogens with zero attached hydrogens (tertiary/aromatic N) is 1. The predicted octanol–water partition coefficient (Wildman–Crippen LogP) is 1.50. The Balaban J connectivity index is 1.80. The average molecular weight is 258 g/mol. The van der Waals surface area contributed by atoms with Gasteiger partial charge in [0.2, 0.25) is 0 Å². The zero-order valence-corrected chi connectivity index (χ0v) is 12.1. The molecule has 0 aromatic carbocycles. The molecule has 108 valence electrons. The van der Waals surface area contributed by atoms with Crippen LogP contribution in [-0.2, 0) is 9.47 Å². The lowest BCUT2D eigenvalue weighted by Crippen LogP contribution is -2.36. The average Bonchev–Trinajstić information content (AvgIpc) is 2.90. The Morgan fingerprint density at radius 3 is 2.61 bits per heavy atom. The summed E-state index contributed by atoms with van der Waals surface area (Å²) in [7, 11) is 3.97. The zero-order valence-electron chi connectivity index (χ0n) is 12.1. The van der Waals surface area contributed by atoms with Crippen LogP contribution in [0.3, 0.4) is 0 Å². The van der Waals surface area contributed by atoms with Gasteiger partial charge in [0, 0.05) is 46.0 Å². The number of rotatable bonds is 11. The second kappa shape index (κ2) is 10.7. The third kappa shape index (κ3) is 7.31. The van der Waals surface area contributed by atoms with Crippen LogP contribution in [-0.4, -0.2) is 64.6 Å². The van der Waals surface area contributed by atoms with Gasteiger partial charge in [0.25, 0.3) is 0 Å². The molecule has 1 N–H and O–H groups in total. The van der Waals surface area contributed by atoms with Crippen molar-refractivity contribution in [3.8, 4) is 0 Å². The quantitative estimate of drug-likeness (QED) is 0.570. The van der Waals surface area contributed by atoms with E-state index in [0.717, 1.165) is 51.9 Å². The maximum absolute atomic E-state index is 5.49. The molecule has 1 fully saturated rings. The van der Waals surface area contributed by atoms with Gasteiger partial charge in [0.05, 0.1) is 6.61 Å². The molecule has 0 aliphatic heterocycles. The van der Waals surface area contributed by atoms with Gasteiger partial charge in [-0.25, -0.2) is 0 Å². The highest BCUT2D eigenvalue weighted by molar-refractivity contribution is 4.75. The summed E-state index contributed by atoms with van der Waals surface area (Å²) in [5, 5.41) is 3.43. The largest absolute Gasteiger partial charge is 0.385 e. The highest BCUT2D eigenvalue weighted by Crippen LogP contribution is 2.21. The summed E-state index contributed by atoms with van der Waals surface area (Å²) < 4.78 is 10.4. The first-order valence-corrected chi connectivity index (χ1v) is 7.32. The van der Waals surface area contributed by atoms with Crippen LogP contribution < -0.4 is 5.32 Å². The van der Waals surface area contributed by atoms with Crippen molar-refractivity contribution in [3.63, 3.8) is 0 Å². The van der Waals surface area contributed by atoms with Crippen LogP contribution in [0.25, 0.3) is 0 Å². The molecule has 4 nitrogen and oxygen atoms in total. The number of hydrogen-bond donors (Lipinski definition) is 1. The van der Waals surface area contributed by atoms with E-state index in [-0.39, 0.29) is 0 Å². The minimum Gasteiger partial charge on any atom is -0.385 e. The Hall–Kier alpha value is -0.160. The van der Waals surface area contributed by atoms with Crippen molar-refractivity contribution in [1.29, 1.82) is 0 Å². The maximum atomic E-state index is 5.49. The first kappa shape index (κ1) is 15.9. The molecule has 0 aromatic heterocycles. The van der Waals surface area contributed by atoms with E-state index in [1.807, 2.05) is 0 Å². The molecule has 18 heavy (non-hydrogen) atoms. The third-order valence-electron chi connectivity index (χ3n) is 3.65. The molecule has 0 heterocycles. The molecule has 0 radical (unpaired) electrons. The lowest BCUT2D eigenvalue weighted by molar-refractivity contribution is 0.104. The minimum atomic E-state index is 0.791. The van der Waals surface area contributed by atoms with Crippen LogP contribution in [0.15, 0.2) is 0 Å². The number of nitrogens with one attached hydrogen (secondary N) is 1. The van der Waals surface area contributed by atoms with Crippen molar-refractivity contribution in [2.24, 2.45) is 0 Å². The molecule has 1 saturated carbocycles. The molecule has 0 aromatic rings. The molecule has 4 heteroatoms. The standard InChI is InChI=1S/C14H30N2O2/c1-16(14-6-3-4-7-14)10-8-15-9-13-18-12-5-11-17-2/h14-15H,3-13H2,1-2H3. The molecular formula is C14H30N2O2. The lowest BCUT2D eigenvalue weighted by atomic mass is 10.2. The van der Waals surface area contributed by atoms with Gasteiger partial charge in [0.1, 0.15) is 0 Å². The molecule has 0 atom stereocenters. The van der Waals surface area contributed by atoms with Gasteiger partial charge in [0.15, 0.2) is 0 Å². The first-order valence-electron chi connectivity index (χ1n) is 7.32. The van der Waals surface area contributed by atoms with Gasteiger partial charge in [-0.05, 0) is 26.3 Å². The lowest BCUT2D eigenvalue weighted by Gasteiger charge is -2.23. The van der Waals surface area contributed by atoms with E-state index < -0.39 is 0 Å². The van der Waals surface area contributed by atoms with Crippen LogP contribution in [0.4, 0.5) is 0 Å². The third-order valence-corrected chi connectivity index (χ3v) is 3.65. The maximum Gasteiger partial charge on any atom is 0.0590 e. The summed E-state index contributed by atoms with van der Waals surface area (Å²) in [5.74, 6) is 0. The van der Waals surface area contributed by atoms with Crippen LogP contribution >= 0.6 is 0 Å². The van der Waals surface area contributed by atoms with Gasteiger partial charge >= 0.3 is 0 Å². The summed E-state index contributed by atoms with van der Waals surface area (Å²) in [4.78, 5) is 2.50. The summed E-state index contributed by atoms with van der Waals surface area (Å²) in [5.41, 5.74) is 0. The Bertz CT molecular complexity index is 185. The van der Waals surface area contributed by atoms with Gasteiger partial charge in [-0.2, -0.15) is 0 Å². The fourth-order valence-electron chi connectivity index (χ4n) is 2.46. The van der Waals surface area contributed by atoms with E-state index in [1.54, 1.807) is 7.11 Å². The molecule has 0 amide bonds. The van der Waals surface area contributed by atoms with Gasteiger partial charge < -0.3 is 19.7 Å². The topological polar surface area (TPSA) is 33.7 Å². The Morgan fingerprint density at radius 2 is 1.89 bits per heavy atom. The van der Waals surface area contributed by atoms with Crippen molar-refractivity contribution in [1.82, 2.24) is 10.2 Å². The number of likely N-dealkylation sites (N-methyl/N-ethyl adjacent to an activating group) is 1. The van der Waals surface area contributed by atoms with E-state index in [0.29, 0.717) is 0 Å². The Labute approximate surface area is 112 Å². The van der Waals surface area contributed by atoms with Crippen molar-refractivity contribution < 1.29 is 9.47 Å². The summed E-state index contributed by atoms with van der Waals surface area (Å²) >= 11 is 0. The Morgan fingerprint density at radius 1 is 1.11 bits per heavy atom. The predicted molar refractivity (Wildman–Crippen MR) is 75.1 cm³/mol. The highest BCUT2D eigenvalue weighted by atomic mass is 16.5.